The number of amides is 1. The van der Waals surface area contributed by atoms with Gasteiger partial charge >= 0.3 is 0 Å². The number of sulfone groups is 1. The predicted octanol–water partition coefficient (Wildman–Crippen LogP) is 6.79. The lowest BCUT2D eigenvalue weighted by Gasteiger charge is -2.13. The highest BCUT2D eigenvalue weighted by Gasteiger charge is 2.28. The SMILES string of the molecule is CCS(=O)(=O)c1ccc(C(C(N)=O)c2nc(-c3cccc(Cl)c3)c(Oc3ccccc3C(C)C)s2)cc1. The fraction of sp³-hybridized carbons (Fsp3) is 0.214. The van der Waals surface area contributed by atoms with Crippen molar-refractivity contribution in [3.8, 4) is 22.1 Å². The molecule has 0 aliphatic carbocycles. The van der Waals surface area contributed by atoms with Crippen LogP contribution in [0.2, 0.25) is 5.02 Å². The molecule has 2 N–H and O–H groups in total. The summed E-state index contributed by atoms with van der Waals surface area (Å²) in [7, 11) is -3.38. The zero-order chi connectivity index (χ0) is 26.7. The fourth-order valence-electron chi connectivity index (χ4n) is 3.95. The second-order valence-electron chi connectivity index (χ2n) is 8.80. The average molecular weight is 555 g/mol. The number of para-hydroxylation sites is 1. The Labute approximate surface area is 226 Å². The van der Waals surface area contributed by atoms with Crippen LogP contribution in [0.4, 0.5) is 0 Å². The average Bonchev–Trinajstić information content (AvgIpc) is 3.27. The molecule has 0 fully saturated rings. The number of primary amides is 1. The topological polar surface area (TPSA) is 99.3 Å². The summed E-state index contributed by atoms with van der Waals surface area (Å²) in [5.74, 6) is -0.583. The van der Waals surface area contributed by atoms with Crippen molar-refractivity contribution in [2.75, 3.05) is 5.75 Å². The molecule has 3 aromatic carbocycles. The second-order valence-corrected chi connectivity index (χ2v) is 12.5. The molecule has 4 aromatic rings. The van der Waals surface area contributed by atoms with Gasteiger partial charge in [-0.25, -0.2) is 13.4 Å². The van der Waals surface area contributed by atoms with Crippen molar-refractivity contribution in [1.82, 2.24) is 4.98 Å². The number of hydrogen-bond donors (Lipinski definition) is 1. The van der Waals surface area contributed by atoms with Gasteiger partial charge in [-0.1, -0.05) is 86.2 Å². The number of rotatable bonds is 9. The molecule has 192 valence electrons. The number of aromatic nitrogens is 1. The van der Waals surface area contributed by atoms with Crippen molar-refractivity contribution < 1.29 is 17.9 Å². The van der Waals surface area contributed by atoms with Crippen LogP contribution in [0.3, 0.4) is 0 Å². The smallest absolute Gasteiger partial charge is 0.231 e. The zero-order valence-corrected chi connectivity index (χ0v) is 23.0. The Kier molecular flexibility index (Phi) is 8.02. The molecule has 0 bridgehead atoms. The second kappa shape index (κ2) is 11.0. The van der Waals surface area contributed by atoms with Crippen LogP contribution >= 0.6 is 22.9 Å². The summed E-state index contributed by atoms with van der Waals surface area (Å²) in [6.07, 6.45) is 0. The third kappa shape index (κ3) is 5.87. The molecule has 0 aliphatic rings. The Bertz CT molecular complexity index is 1530. The minimum absolute atomic E-state index is 0.0143. The molecule has 1 heterocycles. The van der Waals surface area contributed by atoms with Gasteiger partial charge in [-0.2, -0.15) is 0 Å². The lowest BCUT2D eigenvalue weighted by Crippen LogP contribution is -2.22. The van der Waals surface area contributed by atoms with Crippen molar-refractivity contribution in [2.24, 2.45) is 5.73 Å². The molecule has 0 radical (unpaired) electrons. The van der Waals surface area contributed by atoms with E-state index in [1.807, 2.05) is 36.4 Å². The highest BCUT2D eigenvalue weighted by Crippen LogP contribution is 2.44. The van der Waals surface area contributed by atoms with E-state index in [0.717, 1.165) is 11.1 Å². The lowest BCUT2D eigenvalue weighted by molar-refractivity contribution is -0.118. The van der Waals surface area contributed by atoms with Crippen LogP contribution in [0.25, 0.3) is 11.3 Å². The van der Waals surface area contributed by atoms with E-state index in [9.17, 15) is 13.2 Å². The van der Waals surface area contributed by atoms with Crippen molar-refractivity contribution in [3.05, 3.63) is 94.0 Å². The van der Waals surface area contributed by atoms with Crippen LogP contribution in [-0.2, 0) is 14.6 Å². The van der Waals surface area contributed by atoms with E-state index in [-0.39, 0.29) is 16.6 Å². The maximum atomic E-state index is 12.7. The van der Waals surface area contributed by atoms with Gasteiger partial charge in [0.2, 0.25) is 11.0 Å². The van der Waals surface area contributed by atoms with Crippen molar-refractivity contribution in [2.45, 2.75) is 37.5 Å². The first kappa shape index (κ1) is 26.9. The Morgan fingerprint density at radius 1 is 1.05 bits per heavy atom. The predicted molar refractivity (Wildman–Crippen MR) is 148 cm³/mol. The number of halogens is 1. The van der Waals surface area contributed by atoms with Gasteiger partial charge in [0.25, 0.3) is 0 Å². The lowest BCUT2D eigenvalue weighted by atomic mass is 9.99. The number of thiazole rings is 1. The normalized spacial score (nSPS) is 12.5. The quantitative estimate of drug-likeness (QED) is 0.245. The third-order valence-electron chi connectivity index (χ3n) is 5.94. The third-order valence-corrected chi connectivity index (χ3v) is 8.92. The maximum Gasteiger partial charge on any atom is 0.231 e. The maximum absolute atomic E-state index is 12.7. The first-order valence-corrected chi connectivity index (χ1v) is 14.6. The Hall–Kier alpha value is -3.20. The minimum atomic E-state index is -3.38. The summed E-state index contributed by atoms with van der Waals surface area (Å²) in [5.41, 5.74) is 8.69. The van der Waals surface area contributed by atoms with Gasteiger partial charge in [-0.15, -0.1) is 0 Å². The Balaban J connectivity index is 1.83. The first-order chi connectivity index (χ1) is 17.6. The number of hydrogen-bond acceptors (Lipinski definition) is 6. The minimum Gasteiger partial charge on any atom is -0.444 e. The van der Waals surface area contributed by atoms with Crippen molar-refractivity contribution in [3.63, 3.8) is 0 Å². The van der Waals surface area contributed by atoms with Gasteiger partial charge in [0.1, 0.15) is 22.4 Å². The number of benzene rings is 3. The largest absolute Gasteiger partial charge is 0.444 e. The molecule has 0 saturated heterocycles. The number of nitrogens with zero attached hydrogens (tertiary/aromatic N) is 1. The monoisotopic (exact) mass is 554 g/mol. The summed E-state index contributed by atoms with van der Waals surface area (Å²) in [5, 5.41) is 1.48. The molecule has 1 unspecified atom stereocenters. The van der Waals surface area contributed by atoms with Gasteiger partial charge < -0.3 is 10.5 Å². The van der Waals surface area contributed by atoms with E-state index in [2.05, 4.69) is 13.8 Å². The van der Waals surface area contributed by atoms with E-state index >= 15 is 0 Å². The number of ether oxygens (including phenoxy) is 1. The molecule has 1 amide bonds. The highest BCUT2D eigenvalue weighted by molar-refractivity contribution is 7.91. The van der Waals surface area contributed by atoms with Gasteiger partial charge in [0.15, 0.2) is 9.84 Å². The van der Waals surface area contributed by atoms with Crippen LogP contribution in [0.15, 0.2) is 77.7 Å². The van der Waals surface area contributed by atoms with E-state index < -0.39 is 21.7 Å². The van der Waals surface area contributed by atoms with Gasteiger partial charge in [-0.3, -0.25) is 4.79 Å². The summed E-state index contributed by atoms with van der Waals surface area (Å²) >= 11 is 7.49. The number of carbonyl (C=O) groups is 1. The van der Waals surface area contributed by atoms with Crippen LogP contribution < -0.4 is 10.5 Å². The van der Waals surface area contributed by atoms with Gasteiger partial charge in [-0.05, 0) is 47.4 Å². The standard InChI is InChI=1S/C28H27ClN2O4S2/c1-4-37(33,34)21-14-12-18(13-15-21)24(26(30)32)27-31-25(19-8-7-9-20(29)16-19)28(36-27)35-23-11-6-5-10-22(23)17(2)3/h5-17,24H,4H2,1-3H3,(H2,30,32). The van der Waals surface area contributed by atoms with Crippen LogP contribution in [0.1, 0.15) is 48.7 Å². The van der Waals surface area contributed by atoms with Crippen LogP contribution in [-0.4, -0.2) is 25.1 Å². The molecule has 0 saturated carbocycles. The van der Waals surface area contributed by atoms with Crippen LogP contribution in [0.5, 0.6) is 10.8 Å². The Morgan fingerprint density at radius 3 is 2.38 bits per heavy atom. The molecule has 6 nitrogen and oxygen atoms in total. The van der Waals surface area contributed by atoms with E-state index in [1.165, 1.54) is 23.5 Å². The number of carbonyl (C=O) groups excluding carboxylic acids is 1. The van der Waals surface area contributed by atoms with E-state index in [0.29, 0.717) is 32.1 Å². The molecule has 0 spiro atoms. The Morgan fingerprint density at radius 2 is 1.76 bits per heavy atom. The molecule has 9 heteroatoms. The number of nitrogens with two attached hydrogens (primary N) is 1. The van der Waals surface area contributed by atoms with Crippen molar-refractivity contribution in [1.29, 1.82) is 0 Å². The molecule has 1 aromatic heterocycles. The fourth-order valence-corrected chi connectivity index (χ4v) is 6.11. The van der Waals surface area contributed by atoms with E-state index in [1.54, 1.807) is 31.2 Å². The molecular weight excluding hydrogens is 528 g/mol. The molecule has 1 atom stereocenters. The van der Waals surface area contributed by atoms with Crippen molar-refractivity contribution >= 4 is 38.7 Å². The highest BCUT2D eigenvalue weighted by atomic mass is 35.5. The summed E-state index contributed by atoms with van der Waals surface area (Å²) < 4.78 is 30.9. The summed E-state index contributed by atoms with van der Waals surface area (Å²) in [6, 6.07) is 21.2. The molecule has 37 heavy (non-hydrogen) atoms. The first-order valence-electron chi connectivity index (χ1n) is 11.8. The van der Waals surface area contributed by atoms with Gasteiger partial charge in [0.05, 0.1) is 10.6 Å². The van der Waals surface area contributed by atoms with Crippen LogP contribution in [0, 0.1) is 0 Å². The van der Waals surface area contributed by atoms with E-state index in [4.69, 9.17) is 27.1 Å². The summed E-state index contributed by atoms with van der Waals surface area (Å²) in [6.45, 7) is 5.76. The molecule has 4 rings (SSSR count). The van der Waals surface area contributed by atoms with Gasteiger partial charge in [0, 0.05) is 10.6 Å². The molecular formula is C28H27ClN2O4S2. The molecule has 0 aliphatic heterocycles. The zero-order valence-electron chi connectivity index (χ0n) is 20.6. The summed E-state index contributed by atoms with van der Waals surface area (Å²) in [4.78, 5) is 17.6.